The van der Waals surface area contributed by atoms with Crippen LogP contribution in [0.15, 0.2) is 12.3 Å². The Morgan fingerprint density at radius 1 is 0.952 bits per heavy atom. The van der Waals surface area contributed by atoms with Crippen molar-refractivity contribution in [1.29, 1.82) is 0 Å². The van der Waals surface area contributed by atoms with Gasteiger partial charge >= 0.3 is 92.4 Å². The summed E-state index contributed by atoms with van der Waals surface area (Å²) in [6.07, 6.45) is 10.8. The molecule has 0 atom stereocenters. The number of hydrogen-bond donors (Lipinski definition) is 0. The smallest absolute Gasteiger partial charge is 0.0846 e. The van der Waals surface area contributed by atoms with Crippen molar-refractivity contribution in [2.45, 2.75) is 79.5 Å². The molecule has 0 aromatic heterocycles. The van der Waals surface area contributed by atoms with E-state index in [4.69, 9.17) is 0 Å². The minimum Gasteiger partial charge on any atom is -0.545 e. The van der Waals surface area contributed by atoms with Gasteiger partial charge in [0.05, 0.1) is 18.8 Å². The number of ether oxygens (including phenoxy) is 1. The van der Waals surface area contributed by atoms with Gasteiger partial charge in [-0.05, 0) is 13.0 Å². The predicted molar refractivity (Wildman–Crippen MR) is 90.7 cm³/mol. The van der Waals surface area contributed by atoms with Gasteiger partial charge < -0.3 is 14.6 Å². The average Bonchev–Trinajstić information content (AvgIpc) is 2.47. The number of aliphatic carboxylic acids is 1. The van der Waals surface area contributed by atoms with Crippen LogP contribution in [0.3, 0.4) is 0 Å². The Balaban J connectivity index is 0. The van der Waals surface area contributed by atoms with E-state index in [2.05, 4.69) is 25.5 Å². The van der Waals surface area contributed by atoms with Crippen LogP contribution in [0.25, 0.3) is 0 Å². The second-order valence-corrected chi connectivity index (χ2v) is 13.7. The summed E-state index contributed by atoms with van der Waals surface area (Å²) >= 11 is -0.839. The number of hydrogen-bond acceptors (Lipinski definition) is 3. The molecule has 3 nitrogen and oxygen atoms in total. The molecule has 0 aromatic rings. The summed E-state index contributed by atoms with van der Waals surface area (Å²) in [5, 5.41) is 9.60. The number of carboxylic acids is 1. The fourth-order valence-corrected chi connectivity index (χ4v) is 11.3. The number of carbonyl (C=O) groups is 1. The fraction of sp³-hybridized carbons (Fsp3) is 0.824. The van der Waals surface area contributed by atoms with Crippen molar-refractivity contribution in [2.24, 2.45) is 0 Å². The molecule has 0 unspecified atom stereocenters. The van der Waals surface area contributed by atoms with Crippen molar-refractivity contribution < 1.29 is 14.6 Å². The molecule has 0 bridgehead atoms. The Bertz CT molecular complexity index is 223. The Kier molecular flexibility index (Phi) is 21.8. The van der Waals surface area contributed by atoms with E-state index >= 15 is 0 Å². The Morgan fingerprint density at radius 2 is 1.38 bits per heavy atom. The van der Waals surface area contributed by atoms with E-state index in [1.807, 2.05) is 0 Å². The first kappa shape index (κ1) is 23.1. The topological polar surface area (TPSA) is 49.4 Å². The van der Waals surface area contributed by atoms with E-state index in [1.54, 1.807) is 20.2 Å². The third kappa shape index (κ3) is 22.2. The molecule has 0 aliphatic rings. The van der Waals surface area contributed by atoms with Gasteiger partial charge in [-0.2, -0.15) is 0 Å². The molecular formula is C17H34O3Sn. The van der Waals surface area contributed by atoms with Crippen LogP contribution in [-0.2, 0) is 9.53 Å². The van der Waals surface area contributed by atoms with Gasteiger partial charge in [0.2, 0.25) is 0 Å². The molecule has 0 saturated carbocycles. The first-order chi connectivity index (χ1) is 10.1. The van der Waals surface area contributed by atoms with Crippen molar-refractivity contribution in [3.8, 4) is 0 Å². The summed E-state index contributed by atoms with van der Waals surface area (Å²) in [4.78, 5) is 9.60. The zero-order valence-electron chi connectivity index (χ0n) is 14.5. The van der Waals surface area contributed by atoms with E-state index in [1.165, 1.54) is 38.5 Å². The summed E-state index contributed by atoms with van der Waals surface area (Å²) in [7, 11) is 0. The maximum atomic E-state index is 9.60. The maximum absolute atomic E-state index is 9.60. The first-order valence-electron chi connectivity index (χ1n) is 8.44. The molecule has 0 rings (SSSR count). The summed E-state index contributed by atoms with van der Waals surface area (Å²) in [6, 6.07) is 0. The largest absolute Gasteiger partial charge is 0.545 e. The average molecular weight is 405 g/mol. The summed E-state index contributed by atoms with van der Waals surface area (Å²) < 4.78 is 9.58. The Labute approximate surface area is 138 Å². The molecular weight excluding hydrogens is 371 g/mol. The maximum Gasteiger partial charge on any atom is 0.0846 e. The molecule has 0 N–H and O–H groups in total. The van der Waals surface area contributed by atoms with Gasteiger partial charge in [0.1, 0.15) is 0 Å². The Hall–Kier alpha value is -0.191. The van der Waals surface area contributed by atoms with Gasteiger partial charge in [-0.3, -0.25) is 0 Å². The van der Waals surface area contributed by atoms with Crippen molar-refractivity contribution in [3.05, 3.63) is 12.3 Å². The molecule has 4 heteroatoms. The van der Waals surface area contributed by atoms with E-state index in [9.17, 15) is 9.90 Å². The van der Waals surface area contributed by atoms with E-state index in [0.29, 0.717) is 6.61 Å². The molecule has 0 aromatic carbocycles. The van der Waals surface area contributed by atoms with Crippen LogP contribution < -0.4 is 5.11 Å². The van der Waals surface area contributed by atoms with Crippen molar-refractivity contribution in [1.82, 2.24) is 0 Å². The van der Waals surface area contributed by atoms with Crippen LogP contribution in [0.1, 0.15) is 66.2 Å². The van der Waals surface area contributed by atoms with E-state index in [0.717, 1.165) is 12.3 Å². The SMILES string of the molecule is CCC[CH2][Sn+]([CH2]CCC)[CH2]CCC.CCOC=CC(=O)[O-]. The van der Waals surface area contributed by atoms with Crippen molar-refractivity contribution >= 4 is 25.7 Å². The van der Waals surface area contributed by atoms with Gasteiger partial charge in [0.15, 0.2) is 0 Å². The van der Waals surface area contributed by atoms with Crippen molar-refractivity contribution in [2.75, 3.05) is 6.61 Å². The normalized spacial score (nSPS) is 10.1. The number of carboxylic acid groups (broad SMARTS) is 1. The van der Waals surface area contributed by atoms with Gasteiger partial charge in [-0.25, -0.2) is 0 Å². The van der Waals surface area contributed by atoms with Crippen LogP contribution in [0.5, 0.6) is 0 Å². The number of unbranched alkanes of at least 4 members (excludes halogenated alkanes) is 3. The second-order valence-electron chi connectivity index (χ2n) is 5.14. The van der Waals surface area contributed by atoms with Crippen LogP contribution >= 0.6 is 0 Å². The van der Waals surface area contributed by atoms with E-state index in [-0.39, 0.29) is 0 Å². The zero-order valence-corrected chi connectivity index (χ0v) is 17.3. The first-order valence-corrected chi connectivity index (χ1v) is 14.5. The standard InChI is InChI=1S/C5H8O3.3C4H9.Sn/c1-2-8-4-3-5(6)7;3*1-3-4-2;/h3-4H,2H2,1H3,(H,6,7);3*1,3-4H2,2H3;/q;;;;+1/p-1. The van der Waals surface area contributed by atoms with Gasteiger partial charge in [-0.1, -0.05) is 0 Å². The van der Waals surface area contributed by atoms with Crippen LogP contribution in [-0.4, -0.2) is 32.3 Å². The molecule has 0 aliphatic carbocycles. The zero-order chi connectivity index (χ0) is 16.3. The summed E-state index contributed by atoms with van der Waals surface area (Å²) in [6.45, 7) is 9.24. The molecule has 124 valence electrons. The van der Waals surface area contributed by atoms with Gasteiger partial charge in [0.25, 0.3) is 0 Å². The monoisotopic (exact) mass is 406 g/mol. The van der Waals surface area contributed by atoms with Crippen molar-refractivity contribution in [3.63, 3.8) is 0 Å². The second kappa shape index (κ2) is 19.8. The third-order valence-electron chi connectivity index (χ3n) is 3.12. The molecule has 21 heavy (non-hydrogen) atoms. The molecule has 0 spiro atoms. The van der Waals surface area contributed by atoms with Crippen LogP contribution in [0.2, 0.25) is 13.3 Å². The molecule has 0 radical (unpaired) electrons. The summed E-state index contributed by atoms with van der Waals surface area (Å²) in [5.41, 5.74) is 0. The molecule has 0 aliphatic heterocycles. The number of carbonyl (C=O) groups excluding carboxylic acids is 1. The number of rotatable bonds is 12. The summed E-state index contributed by atoms with van der Waals surface area (Å²) in [5.74, 6) is -1.24. The molecule has 0 amide bonds. The minimum atomic E-state index is -1.24. The predicted octanol–water partition coefficient (Wildman–Crippen LogP) is 4.17. The molecule has 0 fully saturated rings. The Morgan fingerprint density at radius 3 is 1.67 bits per heavy atom. The van der Waals surface area contributed by atoms with Crippen LogP contribution in [0, 0.1) is 0 Å². The van der Waals surface area contributed by atoms with Gasteiger partial charge in [0, 0.05) is 0 Å². The van der Waals surface area contributed by atoms with Gasteiger partial charge in [-0.15, -0.1) is 0 Å². The fourth-order valence-electron chi connectivity index (χ4n) is 1.86. The quantitative estimate of drug-likeness (QED) is 0.278. The molecule has 0 heterocycles. The van der Waals surface area contributed by atoms with E-state index < -0.39 is 25.7 Å². The van der Waals surface area contributed by atoms with Crippen LogP contribution in [0.4, 0.5) is 0 Å². The minimum absolute atomic E-state index is 0.476. The third-order valence-corrected chi connectivity index (χ3v) is 12.2. The molecule has 0 saturated heterocycles.